The van der Waals surface area contributed by atoms with Crippen molar-refractivity contribution in [2.45, 2.75) is 32.9 Å². The summed E-state index contributed by atoms with van der Waals surface area (Å²) in [7, 11) is 3.76. The molecule has 1 aromatic rings. The van der Waals surface area contributed by atoms with Crippen LogP contribution in [0, 0.1) is 5.41 Å². The number of nitrogens with one attached hydrogen (secondary N) is 1. The Morgan fingerprint density at radius 3 is 2.06 bits per heavy atom. The largest absolute Gasteiger partial charge is 0.379 e. The van der Waals surface area contributed by atoms with Crippen LogP contribution in [-0.2, 0) is 4.74 Å². The molecular weight excluding hydrogens is 198 g/mol. The smallest absolute Gasteiger partial charge is 0.0813 e. The molecule has 0 aromatic heterocycles. The van der Waals surface area contributed by atoms with Gasteiger partial charge in [-0.2, -0.15) is 0 Å². The second kappa shape index (κ2) is 5.46. The molecule has 0 heterocycles. The van der Waals surface area contributed by atoms with Gasteiger partial charge in [-0.1, -0.05) is 51.1 Å². The molecule has 0 aliphatic carbocycles. The number of hydrogen-bond acceptors (Lipinski definition) is 2. The third-order valence-corrected chi connectivity index (χ3v) is 2.88. The minimum Gasteiger partial charge on any atom is -0.379 e. The highest BCUT2D eigenvalue weighted by Crippen LogP contribution is 2.32. The van der Waals surface area contributed by atoms with Crippen molar-refractivity contribution in [1.82, 2.24) is 5.32 Å². The van der Waals surface area contributed by atoms with E-state index in [9.17, 15) is 0 Å². The van der Waals surface area contributed by atoms with Gasteiger partial charge in [-0.05, 0) is 18.0 Å². The van der Waals surface area contributed by atoms with E-state index >= 15 is 0 Å². The van der Waals surface area contributed by atoms with Gasteiger partial charge in [-0.15, -0.1) is 0 Å². The first-order valence-electron chi connectivity index (χ1n) is 5.75. The first kappa shape index (κ1) is 13.2. The van der Waals surface area contributed by atoms with E-state index in [0.29, 0.717) is 0 Å². The van der Waals surface area contributed by atoms with Crippen LogP contribution >= 0.6 is 0 Å². The molecule has 90 valence electrons. The zero-order valence-corrected chi connectivity index (χ0v) is 10.9. The summed E-state index contributed by atoms with van der Waals surface area (Å²) < 4.78 is 5.66. The Labute approximate surface area is 99.0 Å². The molecular formula is C14H23NO. The van der Waals surface area contributed by atoms with Gasteiger partial charge in [0.15, 0.2) is 0 Å². The molecule has 0 aliphatic heterocycles. The number of likely N-dealkylation sites (N-methyl/N-ethyl adjacent to an activating group) is 1. The molecule has 0 spiro atoms. The fraction of sp³-hybridized carbons (Fsp3) is 0.571. The topological polar surface area (TPSA) is 21.3 Å². The minimum absolute atomic E-state index is 0.109. The second-order valence-corrected chi connectivity index (χ2v) is 5.20. The van der Waals surface area contributed by atoms with Crippen LogP contribution in [-0.4, -0.2) is 20.3 Å². The first-order chi connectivity index (χ1) is 7.50. The van der Waals surface area contributed by atoms with E-state index in [1.807, 2.05) is 13.1 Å². The molecule has 1 N–H and O–H groups in total. The van der Waals surface area contributed by atoms with Crippen molar-refractivity contribution in [3.05, 3.63) is 35.9 Å². The molecule has 0 bridgehead atoms. The molecule has 2 heteroatoms. The molecule has 0 saturated carbocycles. The van der Waals surface area contributed by atoms with Gasteiger partial charge < -0.3 is 10.1 Å². The van der Waals surface area contributed by atoms with Crippen molar-refractivity contribution in [2.24, 2.45) is 5.41 Å². The van der Waals surface area contributed by atoms with E-state index in [2.05, 4.69) is 50.4 Å². The lowest BCUT2D eigenvalue weighted by Gasteiger charge is -2.36. The van der Waals surface area contributed by atoms with Gasteiger partial charge in [0, 0.05) is 7.11 Å². The van der Waals surface area contributed by atoms with Gasteiger partial charge in [0.25, 0.3) is 0 Å². The van der Waals surface area contributed by atoms with Crippen molar-refractivity contribution in [1.29, 1.82) is 0 Å². The normalized spacial score (nSPS) is 15.8. The Morgan fingerprint density at radius 1 is 1.12 bits per heavy atom. The summed E-state index contributed by atoms with van der Waals surface area (Å²) in [5, 5.41) is 3.35. The SMILES string of the molecule is CNC(c1ccccc1)C(OC)C(C)(C)C. The van der Waals surface area contributed by atoms with E-state index in [0.717, 1.165) is 0 Å². The summed E-state index contributed by atoms with van der Waals surface area (Å²) in [4.78, 5) is 0. The van der Waals surface area contributed by atoms with Gasteiger partial charge in [0.2, 0.25) is 0 Å². The monoisotopic (exact) mass is 221 g/mol. The third-order valence-electron chi connectivity index (χ3n) is 2.88. The van der Waals surface area contributed by atoms with Crippen LogP contribution in [0.25, 0.3) is 0 Å². The van der Waals surface area contributed by atoms with Crippen LogP contribution in [0.2, 0.25) is 0 Å². The molecule has 1 aromatic carbocycles. The highest BCUT2D eigenvalue weighted by atomic mass is 16.5. The Morgan fingerprint density at radius 2 is 1.69 bits per heavy atom. The summed E-state index contributed by atoms with van der Waals surface area (Å²) in [6.07, 6.45) is 0.153. The quantitative estimate of drug-likeness (QED) is 0.844. The van der Waals surface area contributed by atoms with Gasteiger partial charge in [-0.3, -0.25) is 0 Å². The molecule has 16 heavy (non-hydrogen) atoms. The highest BCUT2D eigenvalue weighted by molar-refractivity contribution is 5.20. The van der Waals surface area contributed by atoms with Gasteiger partial charge >= 0.3 is 0 Å². The van der Waals surface area contributed by atoms with Crippen LogP contribution in [0.15, 0.2) is 30.3 Å². The van der Waals surface area contributed by atoms with E-state index in [1.165, 1.54) is 5.56 Å². The predicted molar refractivity (Wildman–Crippen MR) is 68.5 cm³/mol. The van der Waals surface area contributed by atoms with Gasteiger partial charge in [-0.25, -0.2) is 0 Å². The summed E-state index contributed by atoms with van der Waals surface area (Å²) in [6, 6.07) is 10.7. The molecule has 0 radical (unpaired) electrons. The molecule has 2 atom stereocenters. The fourth-order valence-corrected chi connectivity index (χ4v) is 2.14. The molecule has 0 fully saturated rings. The number of methoxy groups -OCH3 is 1. The molecule has 2 nitrogen and oxygen atoms in total. The number of rotatable bonds is 4. The Balaban J connectivity index is 2.97. The highest BCUT2D eigenvalue weighted by Gasteiger charge is 2.32. The Bertz CT molecular complexity index is 302. The maximum Gasteiger partial charge on any atom is 0.0813 e. The summed E-state index contributed by atoms with van der Waals surface area (Å²) in [5.74, 6) is 0. The van der Waals surface area contributed by atoms with Gasteiger partial charge in [0.1, 0.15) is 0 Å². The third kappa shape index (κ3) is 3.06. The number of benzene rings is 1. The van der Waals surface area contributed by atoms with Crippen LogP contribution in [0.4, 0.5) is 0 Å². The maximum absolute atomic E-state index is 5.66. The predicted octanol–water partition coefficient (Wildman–Crippen LogP) is 3.01. The van der Waals surface area contributed by atoms with Crippen molar-refractivity contribution in [2.75, 3.05) is 14.2 Å². The Kier molecular flexibility index (Phi) is 4.51. The first-order valence-corrected chi connectivity index (χ1v) is 5.75. The van der Waals surface area contributed by atoms with Gasteiger partial charge in [0.05, 0.1) is 12.1 Å². The summed E-state index contributed by atoms with van der Waals surface area (Å²) in [6.45, 7) is 6.61. The lowest BCUT2D eigenvalue weighted by atomic mass is 9.82. The standard InChI is InChI=1S/C14H23NO/c1-14(2,3)13(16-5)12(15-4)11-9-7-6-8-10-11/h6-10,12-13,15H,1-5H3. The zero-order valence-electron chi connectivity index (χ0n) is 10.9. The molecule has 0 amide bonds. The average molecular weight is 221 g/mol. The second-order valence-electron chi connectivity index (χ2n) is 5.20. The zero-order chi connectivity index (χ0) is 12.2. The van der Waals surface area contributed by atoms with Crippen molar-refractivity contribution in [3.63, 3.8) is 0 Å². The number of hydrogen-bond donors (Lipinski definition) is 1. The molecule has 0 aliphatic rings. The van der Waals surface area contributed by atoms with Crippen LogP contribution in [0.3, 0.4) is 0 Å². The van der Waals surface area contributed by atoms with E-state index in [4.69, 9.17) is 4.74 Å². The van der Waals surface area contributed by atoms with Crippen molar-refractivity contribution >= 4 is 0 Å². The van der Waals surface area contributed by atoms with E-state index in [-0.39, 0.29) is 17.6 Å². The maximum atomic E-state index is 5.66. The van der Waals surface area contributed by atoms with E-state index in [1.54, 1.807) is 7.11 Å². The minimum atomic E-state index is 0.109. The molecule has 0 saturated heterocycles. The van der Waals surface area contributed by atoms with Crippen LogP contribution in [0.1, 0.15) is 32.4 Å². The molecule has 1 rings (SSSR count). The lowest BCUT2D eigenvalue weighted by Crippen LogP contribution is -2.40. The van der Waals surface area contributed by atoms with Crippen molar-refractivity contribution in [3.8, 4) is 0 Å². The summed E-state index contributed by atoms with van der Waals surface area (Å²) >= 11 is 0. The molecule has 2 unspecified atom stereocenters. The summed E-state index contributed by atoms with van der Waals surface area (Å²) in [5.41, 5.74) is 1.38. The Hall–Kier alpha value is -0.860. The lowest BCUT2D eigenvalue weighted by molar-refractivity contribution is -0.0101. The average Bonchev–Trinajstić information content (AvgIpc) is 2.25. The fourth-order valence-electron chi connectivity index (χ4n) is 2.14. The number of ether oxygens (including phenoxy) is 1. The van der Waals surface area contributed by atoms with Crippen LogP contribution < -0.4 is 5.32 Å². The van der Waals surface area contributed by atoms with Crippen LogP contribution in [0.5, 0.6) is 0 Å². The van der Waals surface area contributed by atoms with Crippen molar-refractivity contribution < 1.29 is 4.74 Å². The van der Waals surface area contributed by atoms with E-state index < -0.39 is 0 Å².